The molecule has 0 spiro atoms. The Morgan fingerprint density at radius 2 is 1.91 bits per heavy atom. The Morgan fingerprint density at radius 3 is 2.59 bits per heavy atom. The summed E-state index contributed by atoms with van der Waals surface area (Å²) < 4.78 is 12.8. The van der Waals surface area contributed by atoms with Crippen molar-refractivity contribution in [2.75, 3.05) is 13.7 Å². The van der Waals surface area contributed by atoms with Crippen molar-refractivity contribution in [1.29, 1.82) is 0 Å². The molecule has 2 rings (SSSR count). The Morgan fingerprint density at radius 1 is 1.14 bits per heavy atom. The highest BCUT2D eigenvalue weighted by Crippen LogP contribution is 2.34. The largest absolute Gasteiger partial charge is 0.494 e. The van der Waals surface area contributed by atoms with Crippen LogP contribution in [0.3, 0.4) is 0 Å². The van der Waals surface area contributed by atoms with Gasteiger partial charge in [-0.15, -0.1) is 0 Å². The van der Waals surface area contributed by atoms with Crippen LogP contribution in [0.1, 0.15) is 50.0 Å². The molecule has 1 heterocycles. The lowest BCUT2D eigenvalue weighted by Gasteiger charge is -2.10. The van der Waals surface area contributed by atoms with Crippen LogP contribution < -0.4 is 4.74 Å². The van der Waals surface area contributed by atoms with E-state index in [9.17, 15) is 4.79 Å². The Kier molecular flexibility index (Phi) is 5.87. The van der Waals surface area contributed by atoms with Crippen LogP contribution in [0.15, 0.2) is 24.3 Å². The molecule has 0 aliphatic carbocycles. The van der Waals surface area contributed by atoms with E-state index in [1.165, 1.54) is 12.8 Å². The maximum atomic E-state index is 12.4. The maximum Gasteiger partial charge on any atom is 0.358 e. The third kappa shape index (κ3) is 3.26. The molecule has 0 amide bonds. The molecule has 0 aliphatic heterocycles. The van der Waals surface area contributed by atoms with Gasteiger partial charge in [-0.2, -0.15) is 0 Å². The fraction of sp³-hybridized carbons (Fsp3) is 0.500. The molecule has 1 aromatic heterocycles. The van der Waals surface area contributed by atoms with Crippen LogP contribution in [-0.4, -0.2) is 24.3 Å². The molecule has 0 atom stereocenters. The Hall–Kier alpha value is -1.97. The zero-order valence-electron chi connectivity index (χ0n) is 13.7. The number of aryl methyl sites for hydroxylation is 1. The Labute approximate surface area is 132 Å². The van der Waals surface area contributed by atoms with Crippen LogP contribution in [0.5, 0.6) is 5.75 Å². The molecule has 4 heteroatoms. The summed E-state index contributed by atoms with van der Waals surface area (Å²) in [7, 11) is 1.60. The van der Waals surface area contributed by atoms with Gasteiger partial charge < -0.3 is 14.0 Å². The molecule has 0 bridgehead atoms. The molecule has 0 saturated carbocycles. The first-order valence-electron chi connectivity index (χ1n) is 8.06. The van der Waals surface area contributed by atoms with Crippen molar-refractivity contribution in [3.05, 3.63) is 30.0 Å². The number of nitrogens with zero attached hydrogens (tertiary/aromatic N) is 1. The fourth-order valence-corrected chi connectivity index (χ4v) is 2.81. The molecular formula is C18H25NO3. The van der Waals surface area contributed by atoms with Crippen molar-refractivity contribution in [2.45, 2.75) is 46.1 Å². The summed E-state index contributed by atoms with van der Waals surface area (Å²) in [5.74, 6) is 0.301. The number of ether oxygens (including phenoxy) is 2. The van der Waals surface area contributed by atoms with Crippen molar-refractivity contribution in [1.82, 2.24) is 4.57 Å². The number of fused-ring (bicyclic) bond motifs is 1. The number of aromatic nitrogens is 1. The summed E-state index contributed by atoms with van der Waals surface area (Å²) in [5.41, 5.74) is 1.56. The lowest BCUT2D eigenvalue weighted by atomic mass is 10.2. The van der Waals surface area contributed by atoms with Crippen LogP contribution in [0.4, 0.5) is 0 Å². The van der Waals surface area contributed by atoms with E-state index >= 15 is 0 Å². The first-order valence-corrected chi connectivity index (χ1v) is 8.06. The van der Waals surface area contributed by atoms with Gasteiger partial charge in [0.05, 0.1) is 19.2 Å². The number of hydrogen-bond donors (Lipinski definition) is 0. The average Bonchev–Trinajstić information content (AvgIpc) is 2.85. The number of benzene rings is 1. The third-order valence-electron chi connectivity index (χ3n) is 3.83. The van der Waals surface area contributed by atoms with Crippen LogP contribution >= 0.6 is 0 Å². The summed E-state index contributed by atoms with van der Waals surface area (Å²) in [6, 6.07) is 7.96. The highest BCUT2D eigenvalue weighted by molar-refractivity contribution is 6.01. The second-order valence-corrected chi connectivity index (χ2v) is 5.33. The van der Waals surface area contributed by atoms with Gasteiger partial charge >= 0.3 is 5.97 Å². The summed E-state index contributed by atoms with van der Waals surface area (Å²) in [6.07, 6.45) is 4.61. The monoisotopic (exact) mass is 303 g/mol. The smallest absolute Gasteiger partial charge is 0.358 e. The van der Waals surface area contributed by atoms with E-state index in [2.05, 4.69) is 6.92 Å². The molecule has 0 saturated heterocycles. The van der Waals surface area contributed by atoms with Gasteiger partial charge in [-0.25, -0.2) is 4.79 Å². The summed E-state index contributed by atoms with van der Waals surface area (Å²) in [5, 5.41) is 0.962. The van der Waals surface area contributed by atoms with Gasteiger partial charge in [0.2, 0.25) is 0 Å². The van der Waals surface area contributed by atoms with Gasteiger partial charge in [-0.3, -0.25) is 0 Å². The van der Waals surface area contributed by atoms with E-state index in [0.717, 1.165) is 30.3 Å². The van der Waals surface area contributed by atoms with Crippen molar-refractivity contribution < 1.29 is 14.3 Å². The first-order chi connectivity index (χ1) is 10.7. The lowest BCUT2D eigenvalue weighted by Crippen LogP contribution is -2.13. The third-order valence-corrected chi connectivity index (χ3v) is 3.83. The van der Waals surface area contributed by atoms with E-state index < -0.39 is 0 Å². The molecule has 1 aromatic carbocycles. The quantitative estimate of drug-likeness (QED) is 0.536. The van der Waals surface area contributed by atoms with E-state index in [1.807, 2.05) is 35.8 Å². The molecule has 120 valence electrons. The molecule has 0 radical (unpaired) electrons. The number of carbonyl (C=O) groups excluding carboxylic acids is 1. The number of para-hydroxylation sites is 1. The lowest BCUT2D eigenvalue weighted by molar-refractivity contribution is 0.0510. The van der Waals surface area contributed by atoms with E-state index in [1.54, 1.807) is 7.11 Å². The van der Waals surface area contributed by atoms with Crippen molar-refractivity contribution in [2.24, 2.45) is 0 Å². The van der Waals surface area contributed by atoms with Crippen molar-refractivity contribution in [3.8, 4) is 5.75 Å². The highest BCUT2D eigenvalue weighted by Gasteiger charge is 2.24. The van der Waals surface area contributed by atoms with Crippen LogP contribution in [0, 0.1) is 0 Å². The standard InChI is InChI=1S/C18H25NO3/c1-4-6-7-10-13-19-15-12-9-8-11-14(15)17(21-3)16(19)18(20)22-5-2/h8-9,11-12H,4-7,10,13H2,1-3H3. The number of methoxy groups -OCH3 is 1. The second-order valence-electron chi connectivity index (χ2n) is 5.33. The minimum Gasteiger partial charge on any atom is -0.494 e. The van der Waals surface area contributed by atoms with Crippen LogP contribution in [-0.2, 0) is 11.3 Å². The van der Waals surface area contributed by atoms with E-state index in [-0.39, 0.29) is 5.97 Å². The van der Waals surface area contributed by atoms with Gasteiger partial charge in [-0.1, -0.05) is 38.3 Å². The molecule has 0 aliphatic rings. The van der Waals surface area contributed by atoms with Crippen molar-refractivity contribution >= 4 is 16.9 Å². The maximum absolute atomic E-state index is 12.4. The topological polar surface area (TPSA) is 40.5 Å². The van der Waals surface area contributed by atoms with Gasteiger partial charge in [0.25, 0.3) is 0 Å². The van der Waals surface area contributed by atoms with Gasteiger partial charge in [0.1, 0.15) is 0 Å². The molecule has 0 unspecified atom stereocenters. The summed E-state index contributed by atoms with van der Waals surface area (Å²) in [4.78, 5) is 12.4. The zero-order chi connectivity index (χ0) is 15.9. The molecule has 22 heavy (non-hydrogen) atoms. The van der Waals surface area contributed by atoms with Gasteiger partial charge in [0.15, 0.2) is 11.4 Å². The molecule has 0 fully saturated rings. The van der Waals surface area contributed by atoms with Gasteiger partial charge in [-0.05, 0) is 25.5 Å². The fourth-order valence-electron chi connectivity index (χ4n) is 2.81. The number of hydrogen-bond acceptors (Lipinski definition) is 3. The molecular weight excluding hydrogens is 278 g/mol. The highest BCUT2D eigenvalue weighted by atomic mass is 16.5. The SMILES string of the molecule is CCCCCCn1c(C(=O)OCC)c(OC)c2ccccc21. The second kappa shape index (κ2) is 7.87. The normalized spacial score (nSPS) is 10.9. The number of carbonyl (C=O) groups is 1. The minimum atomic E-state index is -0.314. The van der Waals surface area contributed by atoms with E-state index in [0.29, 0.717) is 18.1 Å². The zero-order valence-corrected chi connectivity index (χ0v) is 13.7. The minimum absolute atomic E-state index is 0.314. The first kappa shape index (κ1) is 16.4. The summed E-state index contributed by atoms with van der Waals surface area (Å²) in [6.45, 7) is 5.17. The number of unbranched alkanes of at least 4 members (excludes halogenated alkanes) is 3. The summed E-state index contributed by atoms with van der Waals surface area (Å²) >= 11 is 0. The predicted molar refractivity (Wildman–Crippen MR) is 88.6 cm³/mol. The van der Waals surface area contributed by atoms with Crippen molar-refractivity contribution in [3.63, 3.8) is 0 Å². The number of esters is 1. The molecule has 4 nitrogen and oxygen atoms in total. The average molecular weight is 303 g/mol. The number of rotatable bonds is 8. The van der Waals surface area contributed by atoms with Crippen LogP contribution in [0.25, 0.3) is 10.9 Å². The Balaban J connectivity index is 2.45. The van der Waals surface area contributed by atoms with Gasteiger partial charge in [0, 0.05) is 11.9 Å². The van der Waals surface area contributed by atoms with E-state index in [4.69, 9.17) is 9.47 Å². The van der Waals surface area contributed by atoms with Crippen LogP contribution in [0.2, 0.25) is 0 Å². The Bertz CT molecular complexity index is 631. The molecule has 2 aromatic rings. The predicted octanol–water partition coefficient (Wildman–Crippen LogP) is 4.41. The molecule has 0 N–H and O–H groups in total.